The molecule has 0 spiro atoms. The predicted molar refractivity (Wildman–Crippen MR) is 103 cm³/mol. The Bertz CT molecular complexity index is 710. The highest BCUT2D eigenvalue weighted by Gasteiger charge is 2.09. The SMILES string of the molecule is C=CCN(C)Cc1ccc(C(=O)NCc2cccnc2N(C)C)cc1. The first-order valence-corrected chi connectivity index (χ1v) is 8.29. The minimum Gasteiger partial charge on any atom is -0.362 e. The number of carbonyl (C=O) groups is 1. The molecule has 1 N–H and O–H groups in total. The molecule has 1 aromatic carbocycles. The van der Waals surface area contributed by atoms with E-state index < -0.39 is 0 Å². The molecule has 1 aromatic heterocycles. The van der Waals surface area contributed by atoms with Crippen molar-refractivity contribution in [2.75, 3.05) is 32.6 Å². The molecular weight excluding hydrogens is 312 g/mol. The number of nitrogens with one attached hydrogen (secondary N) is 1. The first-order chi connectivity index (χ1) is 12.0. The Kier molecular flexibility index (Phi) is 6.71. The monoisotopic (exact) mass is 338 g/mol. The largest absolute Gasteiger partial charge is 0.362 e. The zero-order chi connectivity index (χ0) is 18.2. The summed E-state index contributed by atoms with van der Waals surface area (Å²) in [5, 5.41) is 2.96. The van der Waals surface area contributed by atoms with Crippen molar-refractivity contribution in [3.8, 4) is 0 Å². The molecule has 5 heteroatoms. The Morgan fingerprint density at radius 3 is 2.56 bits per heavy atom. The number of benzene rings is 1. The van der Waals surface area contributed by atoms with Crippen LogP contribution in [0.1, 0.15) is 21.5 Å². The molecule has 0 aliphatic rings. The van der Waals surface area contributed by atoms with Crippen LogP contribution < -0.4 is 10.2 Å². The summed E-state index contributed by atoms with van der Waals surface area (Å²) in [6, 6.07) is 11.6. The highest BCUT2D eigenvalue weighted by molar-refractivity contribution is 5.94. The van der Waals surface area contributed by atoms with Crippen molar-refractivity contribution in [3.63, 3.8) is 0 Å². The van der Waals surface area contributed by atoms with Gasteiger partial charge in [0.2, 0.25) is 0 Å². The van der Waals surface area contributed by atoms with Crippen LogP contribution in [0.5, 0.6) is 0 Å². The number of rotatable bonds is 8. The molecule has 0 atom stereocenters. The van der Waals surface area contributed by atoms with Gasteiger partial charge in [-0.3, -0.25) is 9.69 Å². The smallest absolute Gasteiger partial charge is 0.251 e. The number of pyridine rings is 1. The predicted octanol–water partition coefficient (Wildman–Crippen LogP) is 2.70. The van der Waals surface area contributed by atoms with Crippen molar-refractivity contribution in [1.82, 2.24) is 15.2 Å². The lowest BCUT2D eigenvalue weighted by molar-refractivity contribution is 0.0951. The number of amides is 1. The van der Waals surface area contributed by atoms with Crippen molar-refractivity contribution in [1.29, 1.82) is 0 Å². The fourth-order valence-electron chi connectivity index (χ4n) is 2.61. The van der Waals surface area contributed by atoms with E-state index in [1.54, 1.807) is 6.20 Å². The van der Waals surface area contributed by atoms with Gasteiger partial charge in [-0.2, -0.15) is 0 Å². The van der Waals surface area contributed by atoms with Gasteiger partial charge in [-0.25, -0.2) is 4.98 Å². The minimum absolute atomic E-state index is 0.0837. The third kappa shape index (κ3) is 5.43. The Morgan fingerprint density at radius 1 is 1.20 bits per heavy atom. The fourth-order valence-corrected chi connectivity index (χ4v) is 2.61. The van der Waals surface area contributed by atoms with Gasteiger partial charge in [-0.15, -0.1) is 6.58 Å². The molecule has 0 fully saturated rings. The molecule has 2 aromatic rings. The van der Waals surface area contributed by atoms with Gasteiger partial charge in [-0.1, -0.05) is 24.3 Å². The highest BCUT2D eigenvalue weighted by atomic mass is 16.1. The van der Waals surface area contributed by atoms with Crippen LogP contribution in [0.4, 0.5) is 5.82 Å². The number of likely N-dealkylation sites (N-methyl/N-ethyl adjacent to an activating group) is 1. The first kappa shape index (κ1) is 18.7. The van der Waals surface area contributed by atoms with Crippen molar-refractivity contribution >= 4 is 11.7 Å². The van der Waals surface area contributed by atoms with Crippen molar-refractivity contribution < 1.29 is 4.79 Å². The van der Waals surface area contributed by atoms with Crippen LogP contribution in [0, 0.1) is 0 Å². The molecule has 0 bridgehead atoms. The second-order valence-corrected chi connectivity index (χ2v) is 6.25. The van der Waals surface area contributed by atoms with Crippen LogP contribution >= 0.6 is 0 Å². The van der Waals surface area contributed by atoms with E-state index in [4.69, 9.17) is 0 Å². The highest BCUT2D eigenvalue weighted by Crippen LogP contribution is 2.14. The van der Waals surface area contributed by atoms with Gasteiger partial charge in [0.25, 0.3) is 5.91 Å². The lowest BCUT2D eigenvalue weighted by Gasteiger charge is -2.16. The average molecular weight is 338 g/mol. The zero-order valence-corrected chi connectivity index (χ0v) is 15.2. The van der Waals surface area contributed by atoms with E-state index >= 15 is 0 Å². The van der Waals surface area contributed by atoms with Crippen molar-refractivity contribution in [2.24, 2.45) is 0 Å². The van der Waals surface area contributed by atoms with Gasteiger partial charge in [0.15, 0.2) is 0 Å². The van der Waals surface area contributed by atoms with E-state index in [9.17, 15) is 4.79 Å². The maximum Gasteiger partial charge on any atom is 0.251 e. The first-order valence-electron chi connectivity index (χ1n) is 8.29. The number of aromatic nitrogens is 1. The molecule has 1 amide bonds. The van der Waals surface area contributed by atoms with Gasteiger partial charge in [0, 0.05) is 51.1 Å². The standard InChI is InChI=1S/C20H26N4O/c1-5-13-24(4)15-16-8-10-17(11-9-16)20(25)22-14-18-7-6-12-21-19(18)23(2)3/h5-12H,1,13-15H2,2-4H3,(H,22,25). The Labute approximate surface area is 150 Å². The van der Waals surface area contributed by atoms with Gasteiger partial charge < -0.3 is 10.2 Å². The summed E-state index contributed by atoms with van der Waals surface area (Å²) in [7, 11) is 5.92. The summed E-state index contributed by atoms with van der Waals surface area (Å²) in [6.07, 6.45) is 3.63. The van der Waals surface area contributed by atoms with Gasteiger partial charge >= 0.3 is 0 Å². The Morgan fingerprint density at radius 2 is 1.92 bits per heavy atom. The second-order valence-electron chi connectivity index (χ2n) is 6.25. The van der Waals surface area contributed by atoms with Gasteiger partial charge in [0.1, 0.15) is 5.82 Å². The molecule has 2 rings (SSSR count). The zero-order valence-electron chi connectivity index (χ0n) is 15.2. The number of anilines is 1. The Hall–Kier alpha value is -2.66. The van der Waals surface area contributed by atoms with Crippen LogP contribution in [-0.2, 0) is 13.1 Å². The Balaban J connectivity index is 1.96. The van der Waals surface area contributed by atoms with E-state index in [1.807, 2.05) is 68.5 Å². The average Bonchev–Trinajstić information content (AvgIpc) is 2.60. The summed E-state index contributed by atoms with van der Waals surface area (Å²) in [5.41, 5.74) is 2.82. The topological polar surface area (TPSA) is 48.5 Å². The van der Waals surface area contributed by atoms with E-state index in [2.05, 4.69) is 21.8 Å². The molecule has 25 heavy (non-hydrogen) atoms. The van der Waals surface area contributed by atoms with Crippen molar-refractivity contribution in [2.45, 2.75) is 13.1 Å². The summed E-state index contributed by atoms with van der Waals surface area (Å²) >= 11 is 0. The van der Waals surface area contributed by atoms with Crippen LogP contribution in [0.15, 0.2) is 55.3 Å². The second kappa shape index (κ2) is 8.99. The van der Waals surface area contributed by atoms with Crippen LogP contribution in [0.3, 0.4) is 0 Å². The third-order valence-corrected chi connectivity index (χ3v) is 3.84. The summed E-state index contributed by atoms with van der Waals surface area (Å²) in [4.78, 5) is 20.8. The van der Waals surface area contributed by atoms with Crippen LogP contribution in [-0.4, -0.2) is 43.5 Å². The number of carbonyl (C=O) groups excluding carboxylic acids is 1. The lowest BCUT2D eigenvalue weighted by atomic mass is 10.1. The molecule has 5 nitrogen and oxygen atoms in total. The maximum absolute atomic E-state index is 12.4. The lowest BCUT2D eigenvalue weighted by Crippen LogP contribution is -2.24. The van der Waals surface area contributed by atoms with Crippen LogP contribution in [0.2, 0.25) is 0 Å². The van der Waals surface area contributed by atoms with Gasteiger partial charge in [-0.05, 0) is 30.8 Å². The van der Waals surface area contributed by atoms with E-state index in [0.29, 0.717) is 12.1 Å². The van der Waals surface area contributed by atoms with Crippen LogP contribution in [0.25, 0.3) is 0 Å². The van der Waals surface area contributed by atoms with Crippen molar-refractivity contribution in [3.05, 3.63) is 71.9 Å². The number of hydrogen-bond acceptors (Lipinski definition) is 4. The molecule has 1 heterocycles. The molecule has 0 unspecified atom stereocenters. The molecule has 0 aliphatic heterocycles. The molecular formula is C20H26N4O. The summed E-state index contributed by atoms with van der Waals surface area (Å²) in [6.45, 7) is 5.85. The molecule has 0 radical (unpaired) electrons. The normalized spacial score (nSPS) is 10.6. The number of nitrogens with zero attached hydrogens (tertiary/aromatic N) is 3. The molecule has 132 valence electrons. The fraction of sp³-hybridized carbons (Fsp3) is 0.300. The van der Waals surface area contributed by atoms with Gasteiger partial charge in [0.05, 0.1) is 0 Å². The maximum atomic E-state index is 12.4. The third-order valence-electron chi connectivity index (χ3n) is 3.84. The molecule has 0 saturated carbocycles. The molecule has 0 saturated heterocycles. The number of hydrogen-bond donors (Lipinski definition) is 1. The van der Waals surface area contributed by atoms with E-state index in [1.165, 1.54) is 5.56 Å². The molecule has 0 aliphatic carbocycles. The summed E-state index contributed by atoms with van der Waals surface area (Å²) in [5.74, 6) is 0.781. The minimum atomic E-state index is -0.0837. The summed E-state index contributed by atoms with van der Waals surface area (Å²) < 4.78 is 0. The van der Waals surface area contributed by atoms with E-state index in [0.717, 1.165) is 24.5 Å². The van der Waals surface area contributed by atoms with E-state index in [-0.39, 0.29) is 5.91 Å². The quantitative estimate of drug-likeness (QED) is 0.752.